The van der Waals surface area contributed by atoms with E-state index in [0.717, 1.165) is 32.9 Å². The van der Waals surface area contributed by atoms with Crippen molar-refractivity contribution >= 4 is 27.6 Å². The number of rotatable bonds is 3. The second-order valence-corrected chi connectivity index (χ2v) is 5.80. The van der Waals surface area contributed by atoms with E-state index in [2.05, 4.69) is 10.2 Å². The maximum absolute atomic E-state index is 13.4. The lowest BCUT2D eigenvalue weighted by Gasteiger charge is -2.06. The van der Waals surface area contributed by atoms with Gasteiger partial charge in [-0.2, -0.15) is 5.10 Å². The predicted molar refractivity (Wildman–Crippen MR) is 97.4 cm³/mol. The zero-order valence-corrected chi connectivity index (χ0v) is 13.6. The fourth-order valence-electron chi connectivity index (χ4n) is 2.97. The van der Waals surface area contributed by atoms with Crippen LogP contribution in [0.25, 0.3) is 32.9 Å². The second kappa shape index (κ2) is 6.02. The van der Waals surface area contributed by atoms with Crippen molar-refractivity contribution in [1.29, 1.82) is 5.41 Å². The van der Waals surface area contributed by atoms with Crippen molar-refractivity contribution in [2.75, 3.05) is 6.61 Å². The van der Waals surface area contributed by atoms with E-state index in [1.54, 1.807) is 6.07 Å². The Morgan fingerprint density at radius 2 is 1.88 bits per heavy atom. The SMILES string of the molecule is CCOC(=N)c1ccc2[nH]nc(-c3ccc4cc(F)ccc4c3)c2c1. The summed E-state index contributed by atoms with van der Waals surface area (Å²) in [6.07, 6.45) is 0. The van der Waals surface area contributed by atoms with Gasteiger partial charge in [-0.05, 0) is 54.1 Å². The van der Waals surface area contributed by atoms with Crippen LogP contribution in [0.5, 0.6) is 0 Å². The Labute approximate surface area is 143 Å². The van der Waals surface area contributed by atoms with Gasteiger partial charge in [-0.3, -0.25) is 10.5 Å². The van der Waals surface area contributed by atoms with E-state index in [1.165, 1.54) is 12.1 Å². The Morgan fingerprint density at radius 3 is 2.72 bits per heavy atom. The van der Waals surface area contributed by atoms with Crippen molar-refractivity contribution in [2.45, 2.75) is 6.92 Å². The summed E-state index contributed by atoms with van der Waals surface area (Å²) in [4.78, 5) is 0. The summed E-state index contributed by atoms with van der Waals surface area (Å²) in [7, 11) is 0. The van der Waals surface area contributed by atoms with Gasteiger partial charge in [0, 0.05) is 16.5 Å². The van der Waals surface area contributed by atoms with Crippen molar-refractivity contribution in [2.24, 2.45) is 0 Å². The molecule has 0 fully saturated rings. The summed E-state index contributed by atoms with van der Waals surface area (Å²) in [5.41, 5.74) is 3.33. The first-order chi connectivity index (χ1) is 12.2. The molecule has 0 atom stereocenters. The summed E-state index contributed by atoms with van der Waals surface area (Å²) in [5, 5.41) is 18.1. The van der Waals surface area contributed by atoms with Crippen LogP contribution in [0.4, 0.5) is 4.39 Å². The van der Waals surface area contributed by atoms with Crippen molar-refractivity contribution in [1.82, 2.24) is 10.2 Å². The highest BCUT2D eigenvalue weighted by Gasteiger charge is 2.12. The number of nitrogens with zero attached hydrogens (tertiary/aromatic N) is 1. The topological polar surface area (TPSA) is 61.8 Å². The molecule has 0 aliphatic rings. The molecule has 0 aliphatic heterocycles. The zero-order valence-electron chi connectivity index (χ0n) is 13.6. The monoisotopic (exact) mass is 333 g/mol. The molecule has 0 unspecified atom stereocenters. The molecule has 2 N–H and O–H groups in total. The molecule has 4 rings (SSSR count). The van der Waals surface area contributed by atoms with Crippen LogP contribution in [-0.2, 0) is 4.74 Å². The van der Waals surface area contributed by atoms with Crippen LogP contribution < -0.4 is 0 Å². The van der Waals surface area contributed by atoms with Crippen molar-refractivity contribution in [3.05, 3.63) is 66.0 Å². The second-order valence-electron chi connectivity index (χ2n) is 5.80. The van der Waals surface area contributed by atoms with Gasteiger partial charge in [-0.15, -0.1) is 0 Å². The highest BCUT2D eigenvalue weighted by molar-refractivity contribution is 6.01. The van der Waals surface area contributed by atoms with Gasteiger partial charge in [0.15, 0.2) is 0 Å². The van der Waals surface area contributed by atoms with E-state index in [9.17, 15) is 4.39 Å². The minimum absolute atomic E-state index is 0.144. The zero-order chi connectivity index (χ0) is 17.4. The molecule has 0 aliphatic carbocycles. The summed E-state index contributed by atoms with van der Waals surface area (Å²) in [5.74, 6) is -0.102. The smallest absolute Gasteiger partial charge is 0.213 e. The molecular weight excluding hydrogens is 317 g/mol. The first-order valence-electron chi connectivity index (χ1n) is 8.05. The Bertz CT molecular complexity index is 1100. The third kappa shape index (κ3) is 2.74. The maximum atomic E-state index is 13.4. The molecule has 5 heteroatoms. The van der Waals surface area contributed by atoms with Crippen LogP contribution >= 0.6 is 0 Å². The minimum Gasteiger partial charge on any atom is -0.478 e. The molecule has 0 spiro atoms. The molecule has 4 aromatic rings. The lowest BCUT2D eigenvalue weighted by atomic mass is 10.0. The van der Waals surface area contributed by atoms with E-state index in [1.807, 2.05) is 43.3 Å². The van der Waals surface area contributed by atoms with Crippen LogP contribution in [-0.4, -0.2) is 22.7 Å². The summed E-state index contributed by atoms with van der Waals surface area (Å²) in [6, 6.07) is 16.2. The van der Waals surface area contributed by atoms with Crippen molar-refractivity contribution in [3.63, 3.8) is 0 Å². The summed E-state index contributed by atoms with van der Waals surface area (Å²) < 4.78 is 18.6. The molecule has 0 bridgehead atoms. The normalized spacial score (nSPS) is 11.1. The molecule has 0 radical (unpaired) electrons. The Morgan fingerprint density at radius 1 is 1.08 bits per heavy atom. The van der Waals surface area contributed by atoms with Crippen LogP contribution in [0, 0.1) is 11.2 Å². The fourth-order valence-corrected chi connectivity index (χ4v) is 2.97. The van der Waals surface area contributed by atoms with Crippen LogP contribution in [0.2, 0.25) is 0 Å². The van der Waals surface area contributed by atoms with E-state index in [0.29, 0.717) is 12.2 Å². The van der Waals surface area contributed by atoms with Gasteiger partial charge >= 0.3 is 0 Å². The third-order valence-electron chi connectivity index (χ3n) is 4.19. The van der Waals surface area contributed by atoms with E-state index in [-0.39, 0.29) is 11.7 Å². The predicted octanol–water partition coefficient (Wildman–Crippen LogP) is 4.88. The standard InChI is InChI=1S/C20H16FN3O/c1-2-25-20(22)15-6-8-18-17(11-15)19(24-23-18)14-4-3-13-10-16(21)7-5-12(13)9-14/h3-11,22H,2H2,1H3,(H,23,24). The average molecular weight is 333 g/mol. The van der Waals surface area contributed by atoms with Gasteiger partial charge in [0.05, 0.1) is 17.8 Å². The number of aromatic nitrogens is 2. The Balaban J connectivity index is 1.84. The number of H-pyrrole nitrogens is 1. The molecule has 124 valence electrons. The molecule has 1 heterocycles. The number of halogens is 1. The lowest BCUT2D eigenvalue weighted by Crippen LogP contribution is -2.04. The minimum atomic E-state index is -0.246. The number of fused-ring (bicyclic) bond motifs is 2. The van der Waals surface area contributed by atoms with Gasteiger partial charge in [-0.1, -0.05) is 18.2 Å². The number of nitrogens with one attached hydrogen (secondary N) is 2. The molecule has 0 saturated carbocycles. The van der Waals surface area contributed by atoms with Gasteiger partial charge in [0.1, 0.15) is 5.82 Å². The third-order valence-corrected chi connectivity index (χ3v) is 4.19. The van der Waals surface area contributed by atoms with E-state index < -0.39 is 0 Å². The van der Waals surface area contributed by atoms with Gasteiger partial charge < -0.3 is 4.74 Å². The number of hydrogen-bond donors (Lipinski definition) is 2. The highest BCUT2D eigenvalue weighted by Crippen LogP contribution is 2.30. The van der Waals surface area contributed by atoms with Gasteiger partial charge in [-0.25, -0.2) is 4.39 Å². The quantitative estimate of drug-likeness (QED) is 0.414. The largest absolute Gasteiger partial charge is 0.478 e. The number of ether oxygens (including phenoxy) is 1. The average Bonchev–Trinajstić information content (AvgIpc) is 3.04. The Kier molecular flexibility index (Phi) is 3.69. The summed E-state index contributed by atoms with van der Waals surface area (Å²) in [6.45, 7) is 2.31. The number of hydrogen-bond acceptors (Lipinski definition) is 3. The van der Waals surface area contributed by atoms with Crippen LogP contribution in [0.15, 0.2) is 54.6 Å². The van der Waals surface area contributed by atoms with Crippen LogP contribution in [0.3, 0.4) is 0 Å². The van der Waals surface area contributed by atoms with E-state index >= 15 is 0 Å². The van der Waals surface area contributed by atoms with E-state index in [4.69, 9.17) is 10.1 Å². The highest BCUT2D eigenvalue weighted by atomic mass is 19.1. The molecule has 4 nitrogen and oxygen atoms in total. The van der Waals surface area contributed by atoms with Gasteiger partial charge in [0.2, 0.25) is 5.90 Å². The lowest BCUT2D eigenvalue weighted by molar-refractivity contribution is 0.325. The first-order valence-corrected chi connectivity index (χ1v) is 8.05. The number of aromatic amines is 1. The van der Waals surface area contributed by atoms with Crippen LogP contribution in [0.1, 0.15) is 12.5 Å². The molecule has 0 saturated heterocycles. The molecule has 0 amide bonds. The summed E-state index contributed by atoms with van der Waals surface area (Å²) >= 11 is 0. The Hall–Kier alpha value is -3.21. The molecule has 25 heavy (non-hydrogen) atoms. The molecular formula is C20H16FN3O. The van der Waals surface area contributed by atoms with Gasteiger partial charge in [0.25, 0.3) is 0 Å². The number of benzene rings is 3. The fraction of sp³-hybridized carbons (Fsp3) is 0.100. The molecule has 1 aromatic heterocycles. The van der Waals surface area contributed by atoms with Crippen molar-refractivity contribution in [3.8, 4) is 11.3 Å². The molecule has 3 aromatic carbocycles. The first kappa shape index (κ1) is 15.3. The maximum Gasteiger partial charge on any atom is 0.213 e. The van der Waals surface area contributed by atoms with Crippen molar-refractivity contribution < 1.29 is 9.13 Å².